The average Bonchev–Trinajstić information content (AvgIpc) is 2.84. The highest BCUT2D eigenvalue weighted by molar-refractivity contribution is 5.87. The van der Waals surface area contributed by atoms with Gasteiger partial charge in [-0.1, -0.05) is 39.5 Å². The van der Waals surface area contributed by atoms with E-state index in [2.05, 4.69) is 23.8 Å². The van der Waals surface area contributed by atoms with Crippen molar-refractivity contribution in [2.45, 2.75) is 65.2 Å². The van der Waals surface area contributed by atoms with Crippen LogP contribution in [0.4, 0.5) is 11.4 Å². The molecule has 36 heavy (non-hydrogen) atoms. The molecule has 0 fully saturated rings. The van der Waals surface area contributed by atoms with Gasteiger partial charge in [-0.25, -0.2) is 0 Å². The lowest BCUT2D eigenvalue weighted by Crippen LogP contribution is -1.98. The van der Waals surface area contributed by atoms with E-state index >= 15 is 0 Å². The zero-order valence-corrected chi connectivity index (χ0v) is 20.9. The zero-order valence-electron chi connectivity index (χ0n) is 20.9. The summed E-state index contributed by atoms with van der Waals surface area (Å²) in [5.41, 5.74) is 1.38. The quantitative estimate of drug-likeness (QED) is 0.135. The molecule has 194 valence electrons. The summed E-state index contributed by atoms with van der Waals surface area (Å²) in [7, 11) is 0. The van der Waals surface area contributed by atoms with Crippen molar-refractivity contribution in [3.63, 3.8) is 0 Å². The fraction of sp³-hybridized carbons (Fsp3) is 0.462. The number of aryl methyl sites for hydroxylation is 2. The number of phenols is 2. The van der Waals surface area contributed by atoms with Gasteiger partial charge in [0.15, 0.2) is 0 Å². The van der Waals surface area contributed by atoms with E-state index in [1.54, 1.807) is 12.1 Å². The summed E-state index contributed by atoms with van der Waals surface area (Å²) in [6.07, 6.45) is 10.00. The third-order valence-corrected chi connectivity index (χ3v) is 5.71. The van der Waals surface area contributed by atoms with Crippen LogP contribution in [-0.4, -0.2) is 45.6 Å². The molecule has 0 amide bonds. The molecule has 0 aliphatic rings. The second-order valence-corrected chi connectivity index (χ2v) is 8.60. The standard InChI is InChI=1S/C26H34N4O6/c1-3-5-7-9-19-13-21(25(31)23(15-19)29(33)34)17-27-11-12-28-18-22-14-20(10-8-6-4-2)16-24(26(22)32)30(35)36/h13-18,31-32H,3-12H2,1-2H3. The van der Waals surface area contributed by atoms with Crippen LogP contribution >= 0.6 is 0 Å². The number of rotatable bonds is 15. The van der Waals surface area contributed by atoms with Crippen LogP contribution in [0.1, 0.15) is 74.6 Å². The molecule has 0 saturated heterocycles. The molecule has 2 aromatic rings. The van der Waals surface area contributed by atoms with Gasteiger partial charge in [0.2, 0.25) is 11.5 Å². The monoisotopic (exact) mass is 498 g/mol. The van der Waals surface area contributed by atoms with E-state index in [0.717, 1.165) is 49.7 Å². The maximum Gasteiger partial charge on any atom is 0.311 e. The van der Waals surface area contributed by atoms with Crippen LogP contribution in [0.25, 0.3) is 0 Å². The van der Waals surface area contributed by atoms with Crippen molar-refractivity contribution in [1.29, 1.82) is 0 Å². The van der Waals surface area contributed by atoms with Gasteiger partial charge in [-0.05, 0) is 48.9 Å². The van der Waals surface area contributed by atoms with Crippen LogP contribution in [0.15, 0.2) is 34.3 Å². The largest absolute Gasteiger partial charge is 0.502 e. The number of nitrogens with zero attached hydrogens (tertiary/aromatic N) is 4. The van der Waals surface area contributed by atoms with Crippen LogP contribution in [-0.2, 0) is 12.8 Å². The van der Waals surface area contributed by atoms with Crippen molar-refractivity contribution >= 4 is 23.8 Å². The number of unbranched alkanes of at least 4 members (excludes halogenated alkanes) is 4. The number of aromatic hydroxyl groups is 2. The Hall–Kier alpha value is -3.82. The molecular formula is C26H34N4O6. The van der Waals surface area contributed by atoms with Gasteiger partial charge in [-0.3, -0.25) is 30.2 Å². The van der Waals surface area contributed by atoms with E-state index in [4.69, 9.17) is 0 Å². The molecule has 10 heteroatoms. The highest BCUT2D eigenvalue weighted by Gasteiger charge is 2.19. The molecule has 2 aromatic carbocycles. The Morgan fingerprint density at radius 3 is 1.44 bits per heavy atom. The molecule has 0 saturated carbocycles. The Balaban J connectivity index is 2.10. The maximum absolute atomic E-state index is 11.3. The number of hydrogen-bond acceptors (Lipinski definition) is 8. The molecule has 10 nitrogen and oxygen atoms in total. The van der Waals surface area contributed by atoms with E-state index in [9.17, 15) is 30.4 Å². The van der Waals surface area contributed by atoms with Gasteiger partial charge >= 0.3 is 11.4 Å². The van der Waals surface area contributed by atoms with E-state index in [1.165, 1.54) is 24.6 Å². The SMILES string of the molecule is CCCCCc1cc(C=NCCN=Cc2cc(CCCCC)cc([N+](=O)[O-])c2O)c(O)c([N+](=O)[O-])c1. The predicted molar refractivity (Wildman–Crippen MR) is 141 cm³/mol. The third kappa shape index (κ3) is 8.44. The summed E-state index contributed by atoms with van der Waals surface area (Å²) < 4.78 is 0. The molecular weight excluding hydrogens is 464 g/mol. The Morgan fingerprint density at radius 2 is 1.11 bits per heavy atom. The van der Waals surface area contributed by atoms with Gasteiger partial charge in [0.05, 0.1) is 22.9 Å². The minimum absolute atomic E-state index is 0.225. The molecule has 0 heterocycles. The van der Waals surface area contributed by atoms with E-state index in [-0.39, 0.29) is 35.6 Å². The average molecular weight is 499 g/mol. The molecule has 0 bridgehead atoms. The van der Waals surface area contributed by atoms with Crippen molar-refractivity contribution in [2.75, 3.05) is 13.1 Å². The van der Waals surface area contributed by atoms with Gasteiger partial charge in [0.1, 0.15) is 0 Å². The fourth-order valence-corrected chi connectivity index (χ4v) is 3.77. The Kier molecular flexibility index (Phi) is 11.5. The summed E-state index contributed by atoms with van der Waals surface area (Å²) in [6.45, 7) is 4.60. The first-order chi connectivity index (χ1) is 17.3. The number of nitro groups is 2. The molecule has 0 unspecified atom stereocenters. The summed E-state index contributed by atoms with van der Waals surface area (Å²) in [5, 5.41) is 43.2. The molecule has 0 aromatic heterocycles. The van der Waals surface area contributed by atoms with Crippen molar-refractivity contribution in [1.82, 2.24) is 0 Å². The maximum atomic E-state index is 11.3. The number of phenolic OH excluding ortho intramolecular Hbond substituents is 2. The smallest absolute Gasteiger partial charge is 0.311 e. The Bertz CT molecular complexity index is 1030. The lowest BCUT2D eigenvalue weighted by Gasteiger charge is -2.06. The van der Waals surface area contributed by atoms with Crippen LogP contribution in [0.5, 0.6) is 11.5 Å². The van der Waals surface area contributed by atoms with Crippen LogP contribution < -0.4 is 0 Å². The second kappa shape index (κ2) is 14.6. The molecule has 0 aliphatic carbocycles. The summed E-state index contributed by atoms with van der Waals surface area (Å²) >= 11 is 0. The number of benzene rings is 2. The van der Waals surface area contributed by atoms with E-state index in [1.807, 2.05) is 0 Å². The lowest BCUT2D eigenvalue weighted by molar-refractivity contribution is -0.386. The highest BCUT2D eigenvalue weighted by Crippen LogP contribution is 2.32. The third-order valence-electron chi connectivity index (χ3n) is 5.71. The molecule has 0 spiro atoms. The van der Waals surface area contributed by atoms with Gasteiger partial charge in [0.25, 0.3) is 0 Å². The summed E-state index contributed by atoms with van der Waals surface area (Å²) in [6, 6.07) is 6.20. The van der Waals surface area contributed by atoms with Crippen molar-refractivity contribution in [3.8, 4) is 11.5 Å². The number of hydrogen-bond donors (Lipinski definition) is 2. The predicted octanol–water partition coefficient (Wildman–Crippen LogP) is 5.92. The first-order valence-electron chi connectivity index (χ1n) is 12.3. The molecule has 2 N–H and O–H groups in total. The minimum Gasteiger partial charge on any atom is -0.502 e. The van der Waals surface area contributed by atoms with Gasteiger partial charge < -0.3 is 10.2 Å². The van der Waals surface area contributed by atoms with Gasteiger partial charge in [-0.2, -0.15) is 0 Å². The van der Waals surface area contributed by atoms with Crippen LogP contribution in [0.3, 0.4) is 0 Å². The Morgan fingerprint density at radius 1 is 0.722 bits per heavy atom. The summed E-state index contributed by atoms with van der Waals surface area (Å²) in [5.74, 6) is -0.854. The highest BCUT2D eigenvalue weighted by atomic mass is 16.6. The molecule has 0 radical (unpaired) electrons. The Labute approximate surface area is 210 Å². The van der Waals surface area contributed by atoms with Gasteiger partial charge in [-0.15, -0.1) is 0 Å². The first-order valence-corrected chi connectivity index (χ1v) is 12.3. The zero-order chi connectivity index (χ0) is 26.5. The number of nitro benzene ring substituents is 2. The van der Waals surface area contributed by atoms with Crippen LogP contribution in [0.2, 0.25) is 0 Å². The number of aliphatic imine (C=N–C) groups is 2. The van der Waals surface area contributed by atoms with Crippen molar-refractivity contribution in [3.05, 3.63) is 66.7 Å². The summed E-state index contributed by atoms with van der Waals surface area (Å²) in [4.78, 5) is 29.8. The first kappa shape index (κ1) is 28.4. The van der Waals surface area contributed by atoms with Crippen molar-refractivity contribution < 1.29 is 20.1 Å². The van der Waals surface area contributed by atoms with E-state index < -0.39 is 21.3 Å². The topological polar surface area (TPSA) is 151 Å². The fourth-order valence-electron chi connectivity index (χ4n) is 3.77. The normalized spacial score (nSPS) is 11.5. The second-order valence-electron chi connectivity index (χ2n) is 8.60. The molecule has 2 rings (SSSR count). The van der Waals surface area contributed by atoms with Crippen molar-refractivity contribution in [2.24, 2.45) is 9.98 Å². The molecule has 0 aliphatic heterocycles. The van der Waals surface area contributed by atoms with E-state index in [0.29, 0.717) is 12.8 Å². The lowest BCUT2D eigenvalue weighted by atomic mass is 10.0. The van der Waals surface area contributed by atoms with Gasteiger partial charge in [0, 0.05) is 35.7 Å². The minimum atomic E-state index is -0.609. The van der Waals surface area contributed by atoms with Crippen LogP contribution in [0, 0.1) is 20.2 Å². The molecule has 0 atom stereocenters.